The molecular weight excluding hydrogens is 300 g/mol. The highest BCUT2D eigenvalue weighted by atomic mass is 16.3. The van der Waals surface area contributed by atoms with Crippen LogP contribution in [0.15, 0.2) is 14.7 Å². The summed E-state index contributed by atoms with van der Waals surface area (Å²) in [4.78, 5) is 29.2. The Labute approximate surface area is 132 Å². The van der Waals surface area contributed by atoms with Gasteiger partial charge in [0.15, 0.2) is 11.2 Å². The SMILES string of the molecule is CC1=NN(CCCO)c2nc3c(c(=O)n(C)c(=O)n3C)n2C1C. The number of hydrazone groups is 1. The lowest BCUT2D eigenvalue weighted by molar-refractivity contribution is 0.289. The molecule has 0 saturated carbocycles. The summed E-state index contributed by atoms with van der Waals surface area (Å²) in [6.07, 6.45) is 0.533. The van der Waals surface area contributed by atoms with Crippen LogP contribution in [0.5, 0.6) is 0 Å². The maximum absolute atomic E-state index is 12.6. The lowest BCUT2D eigenvalue weighted by Crippen LogP contribution is -2.38. The Morgan fingerprint density at radius 3 is 2.57 bits per heavy atom. The predicted octanol–water partition coefficient (Wildman–Crippen LogP) is -0.427. The Morgan fingerprint density at radius 1 is 1.22 bits per heavy atom. The molecule has 0 fully saturated rings. The molecule has 1 atom stereocenters. The Kier molecular flexibility index (Phi) is 3.59. The van der Waals surface area contributed by atoms with Gasteiger partial charge in [-0.1, -0.05) is 0 Å². The van der Waals surface area contributed by atoms with E-state index >= 15 is 0 Å². The molecule has 3 rings (SSSR count). The van der Waals surface area contributed by atoms with Crippen LogP contribution in [0.3, 0.4) is 0 Å². The number of rotatable bonds is 3. The first kappa shape index (κ1) is 15.5. The summed E-state index contributed by atoms with van der Waals surface area (Å²) < 4.78 is 4.27. The van der Waals surface area contributed by atoms with E-state index in [0.29, 0.717) is 30.1 Å². The van der Waals surface area contributed by atoms with Crippen molar-refractivity contribution in [1.29, 1.82) is 0 Å². The van der Waals surface area contributed by atoms with E-state index in [9.17, 15) is 9.59 Å². The molecule has 1 N–H and O–H groups in total. The lowest BCUT2D eigenvalue weighted by Gasteiger charge is -2.29. The molecular formula is C14H20N6O3. The van der Waals surface area contributed by atoms with Crippen LogP contribution < -0.4 is 16.3 Å². The maximum Gasteiger partial charge on any atom is 0.332 e. The van der Waals surface area contributed by atoms with E-state index in [4.69, 9.17) is 5.11 Å². The summed E-state index contributed by atoms with van der Waals surface area (Å²) in [5.41, 5.74) is 0.792. The molecule has 0 radical (unpaired) electrons. The van der Waals surface area contributed by atoms with E-state index < -0.39 is 5.69 Å². The quantitative estimate of drug-likeness (QED) is 0.828. The summed E-state index contributed by atoms with van der Waals surface area (Å²) in [7, 11) is 3.06. The predicted molar refractivity (Wildman–Crippen MR) is 87.1 cm³/mol. The smallest absolute Gasteiger partial charge is 0.332 e. The van der Waals surface area contributed by atoms with Gasteiger partial charge in [-0.2, -0.15) is 10.1 Å². The topological polar surface area (TPSA) is 97.7 Å². The third-order valence-corrected chi connectivity index (χ3v) is 4.30. The largest absolute Gasteiger partial charge is 0.396 e. The van der Waals surface area contributed by atoms with E-state index in [1.807, 2.05) is 18.4 Å². The zero-order chi connectivity index (χ0) is 16.9. The second-order valence-electron chi connectivity index (χ2n) is 5.78. The number of aliphatic hydroxyl groups excluding tert-OH is 1. The molecule has 0 aromatic carbocycles. The summed E-state index contributed by atoms with van der Waals surface area (Å²) in [6, 6.07) is -0.134. The van der Waals surface area contributed by atoms with Gasteiger partial charge >= 0.3 is 5.69 Å². The van der Waals surface area contributed by atoms with E-state index in [2.05, 4.69) is 10.1 Å². The van der Waals surface area contributed by atoms with E-state index in [1.54, 1.807) is 12.1 Å². The maximum atomic E-state index is 12.6. The fourth-order valence-corrected chi connectivity index (χ4v) is 2.83. The van der Waals surface area contributed by atoms with Gasteiger partial charge in [-0.3, -0.25) is 18.5 Å². The summed E-state index contributed by atoms with van der Waals surface area (Å²) in [6.45, 7) is 4.36. The average Bonchev–Trinajstić information content (AvgIpc) is 2.94. The van der Waals surface area contributed by atoms with Gasteiger partial charge in [-0.25, -0.2) is 9.80 Å². The molecule has 23 heavy (non-hydrogen) atoms. The molecule has 2 aromatic rings. The number of fused-ring (bicyclic) bond motifs is 3. The van der Waals surface area contributed by atoms with Crippen LogP contribution in [0.25, 0.3) is 11.2 Å². The highest BCUT2D eigenvalue weighted by Gasteiger charge is 2.29. The molecule has 2 aromatic heterocycles. The fourth-order valence-electron chi connectivity index (χ4n) is 2.83. The summed E-state index contributed by atoms with van der Waals surface area (Å²) in [5, 5.41) is 15.2. The van der Waals surface area contributed by atoms with Crippen LogP contribution >= 0.6 is 0 Å². The molecule has 0 bridgehead atoms. The van der Waals surface area contributed by atoms with Crippen LogP contribution in [-0.4, -0.2) is 42.7 Å². The van der Waals surface area contributed by atoms with Crippen LogP contribution in [0.2, 0.25) is 0 Å². The molecule has 1 aliphatic rings. The number of aliphatic hydroxyl groups is 1. The number of hydrogen-bond acceptors (Lipinski definition) is 6. The molecule has 0 saturated heterocycles. The van der Waals surface area contributed by atoms with E-state index in [0.717, 1.165) is 10.3 Å². The van der Waals surface area contributed by atoms with E-state index in [-0.39, 0.29) is 18.2 Å². The molecule has 0 amide bonds. The highest BCUT2D eigenvalue weighted by Crippen LogP contribution is 2.29. The van der Waals surface area contributed by atoms with Crippen LogP contribution in [0.1, 0.15) is 26.3 Å². The third kappa shape index (κ3) is 2.11. The summed E-state index contributed by atoms with van der Waals surface area (Å²) in [5.74, 6) is 0.518. The fraction of sp³-hybridized carbons (Fsp3) is 0.571. The minimum atomic E-state index is -0.412. The average molecular weight is 320 g/mol. The van der Waals surface area contributed by atoms with Crippen molar-refractivity contribution in [3.63, 3.8) is 0 Å². The molecule has 0 spiro atoms. The van der Waals surface area contributed by atoms with Gasteiger partial charge in [-0.05, 0) is 20.3 Å². The Balaban J connectivity index is 2.36. The second kappa shape index (κ2) is 5.34. The van der Waals surface area contributed by atoms with Crippen LogP contribution in [-0.2, 0) is 14.1 Å². The first-order valence-electron chi connectivity index (χ1n) is 7.50. The van der Waals surface area contributed by atoms with Crippen LogP contribution in [0.4, 0.5) is 5.95 Å². The van der Waals surface area contributed by atoms with Gasteiger partial charge in [0.25, 0.3) is 5.56 Å². The number of anilines is 1. The Bertz CT molecular complexity index is 919. The van der Waals surface area contributed by atoms with Crippen molar-refractivity contribution >= 4 is 22.8 Å². The van der Waals surface area contributed by atoms with Crippen molar-refractivity contribution in [2.45, 2.75) is 26.3 Å². The summed E-state index contributed by atoms with van der Waals surface area (Å²) >= 11 is 0. The minimum Gasteiger partial charge on any atom is -0.396 e. The number of aryl methyl sites for hydroxylation is 1. The van der Waals surface area contributed by atoms with Gasteiger partial charge < -0.3 is 5.11 Å². The molecule has 9 heteroatoms. The minimum absolute atomic E-state index is 0.0428. The standard InChI is InChI=1S/C14H20N6O3/c1-8-9(2)20-10-11(17(3)14(23)18(4)12(10)22)15-13(20)19(16-8)6-5-7-21/h9,21H,5-7H2,1-4H3. The molecule has 124 valence electrons. The lowest BCUT2D eigenvalue weighted by atomic mass is 10.2. The van der Waals surface area contributed by atoms with Crippen molar-refractivity contribution < 1.29 is 5.11 Å². The number of aromatic nitrogens is 4. The Hall–Kier alpha value is -2.42. The van der Waals surface area contributed by atoms with Gasteiger partial charge in [0.05, 0.1) is 11.8 Å². The van der Waals surface area contributed by atoms with Crippen molar-refractivity contribution in [2.24, 2.45) is 19.2 Å². The first-order chi connectivity index (χ1) is 10.9. The number of nitrogens with zero attached hydrogens (tertiary/aromatic N) is 6. The second-order valence-corrected chi connectivity index (χ2v) is 5.78. The number of hydrogen-bond donors (Lipinski definition) is 1. The van der Waals surface area contributed by atoms with Gasteiger partial charge in [0, 0.05) is 27.2 Å². The van der Waals surface area contributed by atoms with Crippen molar-refractivity contribution in [3.8, 4) is 0 Å². The third-order valence-electron chi connectivity index (χ3n) is 4.30. The molecule has 9 nitrogen and oxygen atoms in total. The van der Waals surface area contributed by atoms with E-state index in [1.165, 1.54) is 11.6 Å². The van der Waals surface area contributed by atoms with Crippen molar-refractivity contribution in [1.82, 2.24) is 18.7 Å². The number of imidazole rings is 1. The van der Waals surface area contributed by atoms with Gasteiger partial charge in [-0.15, -0.1) is 0 Å². The highest BCUT2D eigenvalue weighted by molar-refractivity contribution is 5.90. The van der Waals surface area contributed by atoms with Gasteiger partial charge in [0.2, 0.25) is 5.95 Å². The zero-order valence-corrected chi connectivity index (χ0v) is 13.6. The van der Waals surface area contributed by atoms with Crippen molar-refractivity contribution in [2.75, 3.05) is 18.2 Å². The molecule has 1 unspecified atom stereocenters. The van der Waals surface area contributed by atoms with Crippen LogP contribution in [0, 0.1) is 0 Å². The molecule has 1 aliphatic heterocycles. The zero-order valence-electron chi connectivity index (χ0n) is 13.6. The monoisotopic (exact) mass is 320 g/mol. The normalized spacial score (nSPS) is 17.5. The van der Waals surface area contributed by atoms with Gasteiger partial charge in [0.1, 0.15) is 0 Å². The van der Waals surface area contributed by atoms with Crippen molar-refractivity contribution in [3.05, 3.63) is 20.8 Å². The molecule has 0 aliphatic carbocycles. The Morgan fingerprint density at radius 2 is 1.91 bits per heavy atom. The molecule has 3 heterocycles. The first-order valence-corrected chi connectivity index (χ1v) is 7.50.